The molecule has 2 aliphatic rings. The average molecular weight is 367 g/mol. The maximum Gasteiger partial charge on any atom is 0.244 e. The molecule has 27 heavy (non-hydrogen) atoms. The summed E-state index contributed by atoms with van der Waals surface area (Å²) in [5.74, 6) is 0.205. The molecule has 0 N–H and O–H groups in total. The van der Waals surface area contributed by atoms with Crippen LogP contribution in [0.5, 0.6) is 0 Å². The zero-order valence-corrected chi connectivity index (χ0v) is 16.1. The van der Waals surface area contributed by atoms with Crippen molar-refractivity contribution >= 4 is 5.91 Å². The lowest BCUT2D eigenvalue weighted by Crippen LogP contribution is -2.46. The molecule has 2 aromatic rings. The predicted octanol–water partition coefficient (Wildman–Crippen LogP) is 2.83. The number of benzene rings is 1. The Morgan fingerprint density at radius 3 is 2.78 bits per heavy atom. The van der Waals surface area contributed by atoms with Gasteiger partial charge in [-0.15, -0.1) is 0 Å². The molecule has 2 fully saturated rings. The number of carbonyl (C=O) groups excluding carboxylic acids is 1. The summed E-state index contributed by atoms with van der Waals surface area (Å²) in [4.78, 5) is 17.3. The third-order valence-electron chi connectivity index (χ3n) is 6.17. The third kappa shape index (κ3) is 4.59. The van der Waals surface area contributed by atoms with Crippen LogP contribution >= 0.6 is 0 Å². The van der Waals surface area contributed by atoms with E-state index in [1.54, 1.807) is 10.9 Å². The first-order chi connectivity index (χ1) is 13.2. The minimum absolute atomic E-state index is 0.205. The largest absolute Gasteiger partial charge is 0.340 e. The number of aromatic nitrogens is 2. The highest BCUT2D eigenvalue weighted by Crippen LogP contribution is 2.39. The quantitative estimate of drug-likeness (QED) is 0.789. The molecule has 5 nitrogen and oxygen atoms in total. The van der Waals surface area contributed by atoms with Gasteiger partial charge in [-0.3, -0.25) is 9.48 Å². The second-order valence-electron chi connectivity index (χ2n) is 8.24. The zero-order valence-electron chi connectivity index (χ0n) is 16.1. The molecule has 1 amide bonds. The fourth-order valence-corrected chi connectivity index (χ4v) is 4.77. The molecule has 5 heteroatoms. The van der Waals surface area contributed by atoms with E-state index in [0.29, 0.717) is 12.0 Å². The molecule has 1 atom stereocenters. The van der Waals surface area contributed by atoms with Gasteiger partial charge in [-0.25, -0.2) is 0 Å². The van der Waals surface area contributed by atoms with Gasteiger partial charge >= 0.3 is 0 Å². The first-order valence-corrected chi connectivity index (χ1v) is 10.2. The minimum Gasteiger partial charge on any atom is -0.340 e. The van der Waals surface area contributed by atoms with Crippen LogP contribution in [0.3, 0.4) is 0 Å². The van der Waals surface area contributed by atoms with Crippen molar-refractivity contribution in [1.82, 2.24) is 19.6 Å². The van der Waals surface area contributed by atoms with E-state index < -0.39 is 0 Å². The van der Waals surface area contributed by atoms with E-state index in [-0.39, 0.29) is 5.91 Å². The molecule has 1 aromatic carbocycles. The highest BCUT2D eigenvalue weighted by atomic mass is 16.2. The van der Waals surface area contributed by atoms with Gasteiger partial charge in [0, 0.05) is 37.4 Å². The Labute approximate surface area is 162 Å². The van der Waals surface area contributed by atoms with Gasteiger partial charge in [0.05, 0.1) is 0 Å². The molecule has 3 heterocycles. The number of nitrogens with zero attached hydrogens (tertiary/aromatic N) is 4. The summed E-state index contributed by atoms with van der Waals surface area (Å²) in [7, 11) is 0. The second-order valence-corrected chi connectivity index (χ2v) is 8.24. The summed E-state index contributed by atoms with van der Waals surface area (Å²) in [5, 5.41) is 4.16. The van der Waals surface area contributed by atoms with Crippen LogP contribution in [0.1, 0.15) is 31.2 Å². The Hall–Kier alpha value is -2.14. The van der Waals surface area contributed by atoms with E-state index in [9.17, 15) is 4.79 Å². The molecular weight excluding hydrogens is 336 g/mol. The van der Waals surface area contributed by atoms with Crippen molar-refractivity contribution in [3.63, 3.8) is 0 Å². The lowest BCUT2D eigenvalue weighted by Gasteiger charge is -2.40. The summed E-state index contributed by atoms with van der Waals surface area (Å²) in [6, 6.07) is 12.6. The highest BCUT2D eigenvalue weighted by Gasteiger charge is 2.42. The van der Waals surface area contributed by atoms with Crippen LogP contribution in [-0.2, 0) is 17.8 Å². The predicted molar refractivity (Wildman–Crippen MR) is 106 cm³/mol. The molecule has 0 unspecified atom stereocenters. The van der Waals surface area contributed by atoms with Crippen molar-refractivity contribution in [3.8, 4) is 0 Å². The number of likely N-dealkylation sites (tertiary alicyclic amines) is 2. The summed E-state index contributed by atoms with van der Waals surface area (Å²) in [6.45, 7) is 5.70. The Bertz CT molecular complexity index is 730. The lowest BCUT2D eigenvalue weighted by molar-refractivity contribution is -0.131. The van der Waals surface area contributed by atoms with Gasteiger partial charge in [0.1, 0.15) is 6.54 Å². The number of piperidine rings is 1. The topological polar surface area (TPSA) is 41.4 Å². The van der Waals surface area contributed by atoms with Crippen LogP contribution in [0.15, 0.2) is 48.8 Å². The van der Waals surface area contributed by atoms with Crippen molar-refractivity contribution in [2.75, 3.05) is 32.7 Å². The van der Waals surface area contributed by atoms with Crippen LogP contribution < -0.4 is 0 Å². The molecule has 0 bridgehead atoms. The summed E-state index contributed by atoms with van der Waals surface area (Å²) in [6.07, 6.45) is 9.61. The van der Waals surface area contributed by atoms with Gasteiger partial charge < -0.3 is 9.80 Å². The summed E-state index contributed by atoms with van der Waals surface area (Å²) in [5.41, 5.74) is 1.74. The van der Waals surface area contributed by atoms with Crippen molar-refractivity contribution in [2.24, 2.45) is 5.41 Å². The molecule has 1 spiro atoms. The van der Waals surface area contributed by atoms with Gasteiger partial charge in [0.25, 0.3) is 0 Å². The number of amides is 1. The van der Waals surface area contributed by atoms with Crippen molar-refractivity contribution < 1.29 is 4.79 Å². The van der Waals surface area contributed by atoms with Crippen LogP contribution in [0.2, 0.25) is 0 Å². The minimum atomic E-state index is 0.205. The molecule has 1 aromatic heterocycles. The summed E-state index contributed by atoms with van der Waals surface area (Å²) >= 11 is 0. The van der Waals surface area contributed by atoms with Crippen LogP contribution in [0.4, 0.5) is 0 Å². The van der Waals surface area contributed by atoms with Crippen LogP contribution in [-0.4, -0.2) is 58.2 Å². The molecule has 0 radical (unpaired) electrons. The molecular formula is C22H30N4O. The number of aryl methyl sites for hydroxylation is 1. The second kappa shape index (κ2) is 8.26. The smallest absolute Gasteiger partial charge is 0.244 e. The van der Waals surface area contributed by atoms with E-state index in [2.05, 4.69) is 45.2 Å². The molecule has 2 saturated heterocycles. The van der Waals surface area contributed by atoms with Gasteiger partial charge in [0.15, 0.2) is 0 Å². The SMILES string of the molecule is O=C(Cn1cccn1)N1CC[C@@]2(CCCN(CCCc3ccccc3)C2)C1. The number of rotatable bonds is 6. The Morgan fingerprint density at radius 1 is 1.07 bits per heavy atom. The van der Waals surface area contributed by atoms with Crippen LogP contribution in [0.25, 0.3) is 0 Å². The molecule has 0 aliphatic carbocycles. The molecule has 4 rings (SSSR count). The van der Waals surface area contributed by atoms with Gasteiger partial charge in [-0.2, -0.15) is 5.10 Å². The Morgan fingerprint density at radius 2 is 1.96 bits per heavy atom. The maximum atomic E-state index is 12.6. The van der Waals surface area contributed by atoms with Gasteiger partial charge in [-0.1, -0.05) is 30.3 Å². The van der Waals surface area contributed by atoms with E-state index in [4.69, 9.17) is 0 Å². The number of hydrogen-bond acceptors (Lipinski definition) is 3. The standard InChI is InChI=1S/C22H30N4O/c27-21(17-26-15-6-12-23-26)25-16-11-22(19-25)10-5-14-24(18-22)13-4-9-20-7-2-1-3-8-20/h1-3,6-8,12,15H,4-5,9-11,13-14,16-19H2/t22-/m1/s1. The van der Waals surface area contributed by atoms with E-state index >= 15 is 0 Å². The monoisotopic (exact) mass is 366 g/mol. The zero-order chi connectivity index (χ0) is 18.5. The normalized spacial score (nSPS) is 23.2. The summed E-state index contributed by atoms with van der Waals surface area (Å²) < 4.78 is 1.73. The fourth-order valence-electron chi connectivity index (χ4n) is 4.77. The van der Waals surface area contributed by atoms with Crippen molar-refractivity contribution in [3.05, 3.63) is 54.4 Å². The molecule has 0 saturated carbocycles. The first kappa shape index (κ1) is 18.2. The van der Waals surface area contributed by atoms with E-state index in [1.807, 2.05) is 12.3 Å². The van der Waals surface area contributed by atoms with Crippen molar-refractivity contribution in [1.29, 1.82) is 0 Å². The van der Waals surface area contributed by atoms with Crippen LogP contribution in [0, 0.1) is 5.41 Å². The first-order valence-electron chi connectivity index (χ1n) is 10.2. The molecule has 144 valence electrons. The van der Waals surface area contributed by atoms with Crippen molar-refractivity contribution in [2.45, 2.75) is 38.6 Å². The highest BCUT2D eigenvalue weighted by molar-refractivity contribution is 5.76. The number of hydrogen-bond donors (Lipinski definition) is 0. The van der Waals surface area contributed by atoms with E-state index in [0.717, 1.165) is 39.0 Å². The lowest BCUT2D eigenvalue weighted by atomic mass is 9.79. The molecule has 2 aliphatic heterocycles. The van der Waals surface area contributed by atoms with Gasteiger partial charge in [0.2, 0.25) is 5.91 Å². The van der Waals surface area contributed by atoms with Gasteiger partial charge in [-0.05, 0) is 56.8 Å². The number of carbonyl (C=O) groups is 1. The Balaban J connectivity index is 1.26. The average Bonchev–Trinajstić information content (AvgIpc) is 3.33. The Kier molecular flexibility index (Phi) is 5.58. The van der Waals surface area contributed by atoms with E-state index in [1.165, 1.54) is 31.4 Å². The maximum absolute atomic E-state index is 12.6. The third-order valence-corrected chi connectivity index (χ3v) is 6.17. The fraction of sp³-hybridized carbons (Fsp3) is 0.545.